The predicted molar refractivity (Wildman–Crippen MR) is 58.4 cm³/mol. The van der Waals surface area contributed by atoms with Crippen LogP contribution in [0.3, 0.4) is 0 Å². The Kier molecular flexibility index (Phi) is 3.82. The summed E-state index contributed by atoms with van der Waals surface area (Å²) in [5.41, 5.74) is 0. The molecule has 2 saturated carbocycles. The smallest absolute Gasteiger partial charge is 0.0590 e. The first kappa shape index (κ1) is 10.4. The van der Waals surface area contributed by atoms with Crippen LogP contribution in [0.25, 0.3) is 0 Å². The lowest BCUT2D eigenvalue weighted by atomic mass is 10.2. The third-order valence-electron chi connectivity index (χ3n) is 3.33. The van der Waals surface area contributed by atoms with Crippen LogP contribution < -0.4 is 5.32 Å². The summed E-state index contributed by atoms with van der Waals surface area (Å²) in [7, 11) is 0. The molecule has 0 aromatic heterocycles. The standard InChI is InChI=1S/C12H23NO/c1-2-7-13-11-5-6-12(8-11)14-9-10-3-4-10/h10-13H,2-9H2,1H3. The van der Waals surface area contributed by atoms with Crippen LogP contribution in [-0.4, -0.2) is 25.3 Å². The topological polar surface area (TPSA) is 21.3 Å². The van der Waals surface area contributed by atoms with Gasteiger partial charge in [0.15, 0.2) is 0 Å². The van der Waals surface area contributed by atoms with Crippen LogP contribution in [0.5, 0.6) is 0 Å². The monoisotopic (exact) mass is 197 g/mol. The largest absolute Gasteiger partial charge is 0.378 e. The molecular formula is C12H23NO. The van der Waals surface area contributed by atoms with E-state index < -0.39 is 0 Å². The first-order chi connectivity index (χ1) is 6.88. The second-order valence-electron chi connectivity index (χ2n) is 4.86. The van der Waals surface area contributed by atoms with E-state index >= 15 is 0 Å². The third kappa shape index (κ3) is 3.25. The molecule has 0 spiro atoms. The van der Waals surface area contributed by atoms with Gasteiger partial charge in [-0.25, -0.2) is 0 Å². The normalized spacial score (nSPS) is 32.4. The molecule has 0 radical (unpaired) electrons. The molecule has 1 N–H and O–H groups in total. The van der Waals surface area contributed by atoms with Crippen LogP contribution in [0.2, 0.25) is 0 Å². The van der Waals surface area contributed by atoms with E-state index in [-0.39, 0.29) is 0 Å². The Morgan fingerprint density at radius 1 is 1.21 bits per heavy atom. The summed E-state index contributed by atoms with van der Waals surface area (Å²) in [5.74, 6) is 0.914. The van der Waals surface area contributed by atoms with Crippen molar-refractivity contribution in [2.75, 3.05) is 13.2 Å². The van der Waals surface area contributed by atoms with Crippen LogP contribution in [0.4, 0.5) is 0 Å². The van der Waals surface area contributed by atoms with Gasteiger partial charge in [-0.3, -0.25) is 0 Å². The zero-order chi connectivity index (χ0) is 9.80. The van der Waals surface area contributed by atoms with Crippen molar-refractivity contribution in [1.82, 2.24) is 5.32 Å². The van der Waals surface area contributed by atoms with Crippen LogP contribution in [0.1, 0.15) is 45.4 Å². The number of rotatable bonds is 6. The van der Waals surface area contributed by atoms with Crippen LogP contribution in [0.15, 0.2) is 0 Å². The van der Waals surface area contributed by atoms with Crippen molar-refractivity contribution in [3.8, 4) is 0 Å². The predicted octanol–water partition coefficient (Wildman–Crippen LogP) is 2.33. The average Bonchev–Trinajstić information content (AvgIpc) is 2.92. The van der Waals surface area contributed by atoms with Crippen molar-refractivity contribution >= 4 is 0 Å². The van der Waals surface area contributed by atoms with Gasteiger partial charge < -0.3 is 10.1 Å². The maximum atomic E-state index is 5.90. The number of hydrogen-bond donors (Lipinski definition) is 1. The molecule has 82 valence electrons. The molecule has 2 atom stereocenters. The van der Waals surface area contributed by atoms with Crippen LogP contribution in [0, 0.1) is 5.92 Å². The third-order valence-corrected chi connectivity index (χ3v) is 3.33. The van der Waals surface area contributed by atoms with Gasteiger partial charge in [0.1, 0.15) is 0 Å². The summed E-state index contributed by atoms with van der Waals surface area (Å²) >= 11 is 0. The fourth-order valence-electron chi connectivity index (χ4n) is 2.18. The molecule has 0 heterocycles. The molecule has 0 bridgehead atoms. The first-order valence-corrected chi connectivity index (χ1v) is 6.23. The Morgan fingerprint density at radius 3 is 2.79 bits per heavy atom. The van der Waals surface area contributed by atoms with E-state index in [1.165, 1.54) is 45.1 Å². The van der Waals surface area contributed by atoms with Gasteiger partial charge in [-0.05, 0) is 51.0 Å². The van der Waals surface area contributed by atoms with Gasteiger partial charge in [-0.2, -0.15) is 0 Å². The SMILES string of the molecule is CCCNC1CCC(OCC2CC2)C1. The van der Waals surface area contributed by atoms with E-state index in [0.717, 1.165) is 18.6 Å². The summed E-state index contributed by atoms with van der Waals surface area (Å²) in [6, 6.07) is 0.735. The molecule has 2 rings (SSSR count). The van der Waals surface area contributed by atoms with Crippen molar-refractivity contribution < 1.29 is 4.74 Å². The molecule has 0 aromatic carbocycles. The highest BCUT2D eigenvalue weighted by Gasteiger charge is 2.27. The van der Waals surface area contributed by atoms with Gasteiger partial charge in [0.05, 0.1) is 6.10 Å². The van der Waals surface area contributed by atoms with Crippen molar-refractivity contribution in [2.45, 2.75) is 57.6 Å². The molecule has 14 heavy (non-hydrogen) atoms. The molecule has 2 unspecified atom stereocenters. The van der Waals surface area contributed by atoms with Crippen molar-refractivity contribution in [1.29, 1.82) is 0 Å². The second-order valence-corrected chi connectivity index (χ2v) is 4.86. The van der Waals surface area contributed by atoms with Crippen molar-refractivity contribution in [3.05, 3.63) is 0 Å². The summed E-state index contributed by atoms with van der Waals surface area (Å²) in [4.78, 5) is 0. The van der Waals surface area contributed by atoms with Crippen molar-refractivity contribution in [2.24, 2.45) is 5.92 Å². The molecule has 2 aliphatic rings. The van der Waals surface area contributed by atoms with Gasteiger partial charge in [-0.15, -0.1) is 0 Å². The number of hydrogen-bond acceptors (Lipinski definition) is 2. The molecule has 2 nitrogen and oxygen atoms in total. The lowest BCUT2D eigenvalue weighted by Gasteiger charge is -2.13. The maximum Gasteiger partial charge on any atom is 0.0590 e. The fourth-order valence-corrected chi connectivity index (χ4v) is 2.18. The molecule has 0 aromatic rings. The second kappa shape index (κ2) is 5.13. The Labute approximate surface area is 87.4 Å². The minimum Gasteiger partial charge on any atom is -0.378 e. The molecule has 2 heteroatoms. The first-order valence-electron chi connectivity index (χ1n) is 6.23. The molecule has 2 aliphatic carbocycles. The van der Waals surface area contributed by atoms with Crippen LogP contribution >= 0.6 is 0 Å². The van der Waals surface area contributed by atoms with E-state index in [1.807, 2.05) is 0 Å². The molecule has 0 saturated heterocycles. The minimum atomic E-state index is 0.560. The van der Waals surface area contributed by atoms with Gasteiger partial charge >= 0.3 is 0 Å². The molecule has 0 amide bonds. The minimum absolute atomic E-state index is 0.560. The highest BCUT2D eigenvalue weighted by molar-refractivity contribution is 4.82. The van der Waals surface area contributed by atoms with Gasteiger partial charge in [0, 0.05) is 12.6 Å². The van der Waals surface area contributed by atoms with E-state index in [4.69, 9.17) is 4.74 Å². The summed E-state index contributed by atoms with van der Waals surface area (Å²) in [6.45, 7) is 4.42. The van der Waals surface area contributed by atoms with Crippen molar-refractivity contribution in [3.63, 3.8) is 0 Å². The van der Waals surface area contributed by atoms with E-state index in [9.17, 15) is 0 Å². The Bertz CT molecular complexity index is 168. The molecular weight excluding hydrogens is 174 g/mol. The molecule has 0 aliphatic heterocycles. The lowest BCUT2D eigenvalue weighted by molar-refractivity contribution is 0.0494. The quantitative estimate of drug-likeness (QED) is 0.705. The van der Waals surface area contributed by atoms with Gasteiger partial charge in [0.2, 0.25) is 0 Å². The average molecular weight is 197 g/mol. The summed E-state index contributed by atoms with van der Waals surface area (Å²) in [6.07, 6.45) is 8.44. The van der Waals surface area contributed by atoms with E-state index in [1.54, 1.807) is 0 Å². The fraction of sp³-hybridized carbons (Fsp3) is 1.00. The summed E-state index contributed by atoms with van der Waals surface area (Å²) in [5, 5.41) is 3.58. The van der Waals surface area contributed by atoms with Gasteiger partial charge in [0.25, 0.3) is 0 Å². The zero-order valence-electron chi connectivity index (χ0n) is 9.30. The molecule has 2 fully saturated rings. The van der Waals surface area contributed by atoms with E-state index in [2.05, 4.69) is 12.2 Å². The highest BCUT2D eigenvalue weighted by Crippen LogP contribution is 2.31. The Hall–Kier alpha value is -0.0800. The number of ether oxygens (including phenoxy) is 1. The lowest BCUT2D eigenvalue weighted by Crippen LogP contribution is -2.27. The Morgan fingerprint density at radius 2 is 2.07 bits per heavy atom. The summed E-state index contributed by atoms with van der Waals surface area (Å²) < 4.78 is 5.90. The van der Waals surface area contributed by atoms with Gasteiger partial charge in [-0.1, -0.05) is 6.92 Å². The maximum absolute atomic E-state index is 5.90. The zero-order valence-corrected chi connectivity index (χ0v) is 9.30. The Balaban J connectivity index is 1.56. The van der Waals surface area contributed by atoms with Crippen LogP contribution in [-0.2, 0) is 4.74 Å². The number of nitrogens with one attached hydrogen (secondary N) is 1. The van der Waals surface area contributed by atoms with E-state index in [0.29, 0.717) is 6.10 Å². The highest BCUT2D eigenvalue weighted by atomic mass is 16.5.